The van der Waals surface area contributed by atoms with Gasteiger partial charge < -0.3 is 20.1 Å². The number of H-pyrrole nitrogens is 1. The Balaban J connectivity index is 0.00000306. The Morgan fingerprint density at radius 3 is 2.76 bits per heavy atom. The van der Waals surface area contributed by atoms with Gasteiger partial charge in [0.15, 0.2) is 11.5 Å². The number of hydrogen-bond acceptors (Lipinski definition) is 9. The van der Waals surface area contributed by atoms with Gasteiger partial charge in [0.1, 0.15) is 17.6 Å². The van der Waals surface area contributed by atoms with E-state index in [0.717, 1.165) is 68.5 Å². The van der Waals surface area contributed by atoms with Crippen LogP contribution in [-0.2, 0) is 11.3 Å². The van der Waals surface area contributed by atoms with Gasteiger partial charge in [-0.25, -0.2) is 9.97 Å². The van der Waals surface area contributed by atoms with Gasteiger partial charge in [-0.3, -0.25) is 10.00 Å². The Kier molecular flexibility index (Phi) is 8.97. The van der Waals surface area contributed by atoms with Crippen molar-refractivity contribution in [2.24, 2.45) is 0 Å². The van der Waals surface area contributed by atoms with Crippen LogP contribution < -0.4 is 15.4 Å². The molecule has 4 rings (SSSR count). The average Bonchev–Trinajstić information content (AvgIpc) is 3.31. The number of nitrogens with one attached hydrogen (secondary N) is 3. The second-order valence-electron chi connectivity index (χ2n) is 7.36. The van der Waals surface area contributed by atoms with Crippen LogP contribution in [0.1, 0.15) is 11.3 Å². The molecule has 11 heteroatoms. The standard InChI is InChI=1S/C22H26N8O2.ClH/c1-31-20-10-16(13-24-4-5-30-6-8-32-9-7-30)2-3-18(20)19-11-21(29-28-19)27-22-15-25-17(12-23)14-26-22;/h2-3,10-11,14-15,24H,4-9,13H2,1H3,(H2,26,27,28,29);1H. The maximum Gasteiger partial charge on any atom is 0.158 e. The number of nitrogens with zero attached hydrogens (tertiary/aromatic N) is 5. The fraction of sp³-hybridized carbons (Fsp3) is 0.364. The molecule has 1 aliphatic rings. The summed E-state index contributed by atoms with van der Waals surface area (Å²) in [5.74, 6) is 1.87. The third-order valence-corrected chi connectivity index (χ3v) is 5.19. The molecule has 1 fully saturated rings. The zero-order valence-electron chi connectivity index (χ0n) is 18.4. The topological polar surface area (TPSA) is 124 Å². The SMILES string of the molecule is COc1cc(CNCCN2CCOCC2)ccc1-c1cc(Nc2cnc(C#N)cn2)n[nH]1.Cl. The molecule has 0 saturated carbocycles. The summed E-state index contributed by atoms with van der Waals surface area (Å²) in [5.41, 5.74) is 3.14. The third kappa shape index (κ3) is 6.63. The molecule has 0 bridgehead atoms. The van der Waals surface area contributed by atoms with Crippen LogP contribution in [0, 0.1) is 11.3 Å². The molecule has 3 N–H and O–H groups in total. The van der Waals surface area contributed by atoms with Crippen LogP contribution in [0.5, 0.6) is 5.75 Å². The molecule has 0 amide bonds. The van der Waals surface area contributed by atoms with Crippen LogP contribution in [0.4, 0.5) is 11.6 Å². The summed E-state index contributed by atoms with van der Waals surface area (Å²) in [6, 6.07) is 9.96. The fourth-order valence-electron chi connectivity index (χ4n) is 3.47. The molecule has 1 aromatic carbocycles. The summed E-state index contributed by atoms with van der Waals surface area (Å²) in [7, 11) is 1.66. The number of aromatic amines is 1. The van der Waals surface area contributed by atoms with Gasteiger partial charge in [-0.1, -0.05) is 6.07 Å². The first-order chi connectivity index (χ1) is 15.7. The maximum absolute atomic E-state index is 8.82. The van der Waals surface area contributed by atoms with E-state index >= 15 is 0 Å². The summed E-state index contributed by atoms with van der Waals surface area (Å²) in [6.45, 7) is 6.37. The van der Waals surface area contributed by atoms with Gasteiger partial charge in [0.05, 0.1) is 38.4 Å². The van der Waals surface area contributed by atoms with E-state index < -0.39 is 0 Å². The quantitative estimate of drug-likeness (QED) is 0.404. The van der Waals surface area contributed by atoms with E-state index in [1.54, 1.807) is 7.11 Å². The van der Waals surface area contributed by atoms with Gasteiger partial charge in [0.2, 0.25) is 0 Å². The zero-order valence-corrected chi connectivity index (χ0v) is 19.2. The molecular weight excluding hydrogens is 444 g/mol. The number of morpholine rings is 1. The van der Waals surface area contributed by atoms with Crippen LogP contribution in [0.3, 0.4) is 0 Å². The van der Waals surface area contributed by atoms with Crippen molar-refractivity contribution in [2.75, 3.05) is 51.8 Å². The lowest BCUT2D eigenvalue weighted by molar-refractivity contribution is 0.0384. The van der Waals surface area contributed by atoms with Crippen LogP contribution in [0.15, 0.2) is 36.7 Å². The minimum Gasteiger partial charge on any atom is -0.496 e. The molecule has 174 valence electrons. The van der Waals surface area contributed by atoms with Gasteiger partial charge >= 0.3 is 0 Å². The number of nitriles is 1. The normalized spacial score (nSPS) is 13.7. The molecule has 10 nitrogen and oxygen atoms in total. The second-order valence-corrected chi connectivity index (χ2v) is 7.36. The van der Waals surface area contributed by atoms with Crippen molar-refractivity contribution in [1.82, 2.24) is 30.4 Å². The molecule has 0 unspecified atom stereocenters. The Labute approximate surface area is 198 Å². The molecule has 1 saturated heterocycles. The Bertz CT molecular complexity index is 1060. The molecule has 0 aliphatic carbocycles. The van der Waals surface area contributed by atoms with Gasteiger partial charge in [0.25, 0.3) is 0 Å². The van der Waals surface area contributed by atoms with Crippen LogP contribution in [-0.4, -0.2) is 71.6 Å². The van der Waals surface area contributed by atoms with Crippen molar-refractivity contribution >= 4 is 24.0 Å². The van der Waals surface area contributed by atoms with Crippen LogP contribution in [0.25, 0.3) is 11.3 Å². The van der Waals surface area contributed by atoms with E-state index in [1.807, 2.05) is 24.3 Å². The number of rotatable bonds is 9. The van der Waals surface area contributed by atoms with Gasteiger partial charge in [-0.05, 0) is 17.7 Å². The van der Waals surface area contributed by atoms with E-state index in [-0.39, 0.29) is 18.1 Å². The predicted molar refractivity (Wildman–Crippen MR) is 127 cm³/mol. The molecule has 1 aliphatic heterocycles. The van der Waals surface area contributed by atoms with Crippen molar-refractivity contribution in [3.63, 3.8) is 0 Å². The van der Waals surface area contributed by atoms with Crippen molar-refractivity contribution in [3.05, 3.63) is 47.9 Å². The Morgan fingerprint density at radius 1 is 1.18 bits per heavy atom. The highest BCUT2D eigenvalue weighted by Crippen LogP contribution is 2.31. The van der Waals surface area contributed by atoms with E-state index in [2.05, 4.69) is 41.8 Å². The highest BCUT2D eigenvalue weighted by molar-refractivity contribution is 5.85. The molecule has 0 spiro atoms. The fourth-order valence-corrected chi connectivity index (χ4v) is 3.47. The van der Waals surface area contributed by atoms with E-state index in [0.29, 0.717) is 11.6 Å². The van der Waals surface area contributed by atoms with Crippen LogP contribution >= 0.6 is 12.4 Å². The molecule has 33 heavy (non-hydrogen) atoms. The molecule has 0 radical (unpaired) electrons. The summed E-state index contributed by atoms with van der Waals surface area (Å²) >= 11 is 0. The minimum absolute atomic E-state index is 0. The monoisotopic (exact) mass is 470 g/mol. The molecular formula is C22H27ClN8O2. The number of hydrogen-bond donors (Lipinski definition) is 3. The summed E-state index contributed by atoms with van der Waals surface area (Å²) in [4.78, 5) is 10.6. The lowest BCUT2D eigenvalue weighted by atomic mass is 10.1. The van der Waals surface area contributed by atoms with Crippen molar-refractivity contribution in [3.8, 4) is 23.1 Å². The first kappa shape index (κ1) is 24.4. The largest absolute Gasteiger partial charge is 0.496 e. The van der Waals surface area contributed by atoms with E-state index in [1.165, 1.54) is 12.4 Å². The number of ether oxygens (including phenoxy) is 2. The maximum atomic E-state index is 8.82. The third-order valence-electron chi connectivity index (χ3n) is 5.19. The lowest BCUT2D eigenvalue weighted by Crippen LogP contribution is -2.40. The summed E-state index contributed by atoms with van der Waals surface area (Å²) < 4.78 is 11.0. The van der Waals surface area contributed by atoms with Gasteiger partial charge in [-0.15, -0.1) is 12.4 Å². The molecule has 2 aromatic heterocycles. The van der Waals surface area contributed by atoms with Crippen molar-refractivity contribution in [2.45, 2.75) is 6.54 Å². The number of aromatic nitrogens is 4. The highest BCUT2D eigenvalue weighted by atomic mass is 35.5. The average molecular weight is 471 g/mol. The molecule has 3 heterocycles. The molecule has 3 aromatic rings. The number of methoxy groups -OCH3 is 1. The highest BCUT2D eigenvalue weighted by Gasteiger charge is 2.12. The van der Waals surface area contributed by atoms with E-state index in [9.17, 15) is 0 Å². The number of benzene rings is 1. The molecule has 0 atom stereocenters. The predicted octanol–water partition coefficient (Wildman–Crippen LogP) is 2.33. The second kappa shape index (κ2) is 12.1. The van der Waals surface area contributed by atoms with E-state index in [4.69, 9.17) is 14.7 Å². The van der Waals surface area contributed by atoms with Crippen molar-refractivity contribution in [1.29, 1.82) is 5.26 Å². The van der Waals surface area contributed by atoms with Gasteiger partial charge in [0, 0.05) is 44.4 Å². The number of anilines is 2. The smallest absolute Gasteiger partial charge is 0.158 e. The lowest BCUT2D eigenvalue weighted by Gasteiger charge is -2.26. The number of halogens is 1. The first-order valence-corrected chi connectivity index (χ1v) is 10.5. The van der Waals surface area contributed by atoms with Gasteiger partial charge in [-0.2, -0.15) is 10.4 Å². The Hall–Kier alpha value is -3.23. The van der Waals surface area contributed by atoms with Crippen LogP contribution in [0.2, 0.25) is 0 Å². The minimum atomic E-state index is 0. The first-order valence-electron chi connectivity index (χ1n) is 10.5. The zero-order chi connectivity index (χ0) is 22.2. The summed E-state index contributed by atoms with van der Waals surface area (Å²) in [6.07, 6.45) is 2.90. The Morgan fingerprint density at radius 2 is 2.03 bits per heavy atom. The van der Waals surface area contributed by atoms with Crippen molar-refractivity contribution < 1.29 is 9.47 Å². The summed E-state index contributed by atoms with van der Waals surface area (Å²) in [5, 5.41) is 22.7.